The van der Waals surface area contributed by atoms with Gasteiger partial charge in [0, 0.05) is 5.56 Å². The van der Waals surface area contributed by atoms with E-state index in [1.165, 1.54) is 17.2 Å². The number of halogens is 2. The van der Waals surface area contributed by atoms with Crippen LogP contribution in [0.15, 0.2) is 30.3 Å². The van der Waals surface area contributed by atoms with E-state index >= 15 is 0 Å². The van der Waals surface area contributed by atoms with Gasteiger partial charge in [0.15, 0.2) is 0 Å². The van der Waals surface area contributed by atoms with Crippen LogP contribution in [-0.4, -0.2) is 0 Å². The molecule has 0 aliphatic heterocycles. The van der Waals surface area contributed by atoms with Crippen molar-refractivity contribution in [1.29, 1.82) is 0 Å². The summed E-state index contributed by atoms with van der Waals surface area (Å²) in [5.74, 6) is -0.250. The minimum Gasteiger partial charge on any atom is -0.207 e. The third-order valence-corrected chi connectivity index (χ3v) is 4.31. The lowest BCUT2D eigenvalue weighted by Gasteiger charge is -2.20. The molecule has 0 aromatic heterocycles. The van der Waals surface area contributed by atoms with Crippen LogP contribution in [0, 0.1) is 33.5 Å². The average Bonchev–Trinajstić information content (AvgIpc) is 2.37. The van der Waals surface area contributed by atoms with Gasteiger partial charge in [-0.15, -0.1) is 11.6 Å². The van der Waals surface area contributed by atoms with E-state index in [-0.39, 0.29) is 5.82 Å². The van der Waals surface area contributed by atoms with Crippen LogP contribution in [-0.2, 0) is 0 Å². The topological polar surface area (TPSA) is 0 Å². The van der Waals surface area contributed by atoms with Crippen molar-refractivity contribution < 1.29 is 4.39 Å². The van der Waals surface area contributed by atoms with E-state index in [9.17, 15) is 4.39 Å². The molecular formula is C17H18ClF. The SMILES string of the molecule is Cc1cc(C)c(C)c(C(Cl)c2ccccc2F)c1C. The Hall–Kier alpha value is -1.34. The molecule has 2 aromatic carbocycles. The van der Waals surface area contributed by atoms with Crippen LogP contribution in [0.3, 0.4) is 0 Å². The maximum Gasteiger partial charge on any atom is 0.128 e. The Balaban J connectivity index is 2.63. The first-order valence-corrected chi connectivity index (χ1v) is 6.83. The fourth-order valence-electron chi connectivity index (χ4n) is 2.46. The van der Waals surface area contributed by atoms with Gasteiger partial charge in [-0.2, -0.15) is 0 Å². The average molecular weight is 277 g/mol. The molecule has 19 heavy (non-hydrogen) atoms. The smallest absolute Gasteiger partial charge is 0.128 e. The molecule has 2 rings (SSSR count). The van der Waals surface area contributed by atoms with Gasteiger partial charge in [-0.05, 0) is 61.6 Å². The third-order valence-electron chi connectivity index (χ3n) is 3.86. The molecule has 0 saturated heterocycles. The molecule has 0 fully saturated rings. The number of rotatable bonds is 2. The van der Waals surface area contributed by atoms with Crippen molar-refractivity contribution in [2.75, 3.05) is 0 Å². The molecular weight excluding hydrogens is 259 g/mol. The molecule has 0 spiro atoms. The van der Waals surface area contributed by atoms with Gasteiger partial charge in [0.05, 0.1) is 5.38 Å². The van der Waals surface area contributed by atoms with Gasteiger partial charge >= 0.3 is 0 Å². The fraction of sp³-hybridized carbons (Fsp3) is 0.294. The molecule has 1 atom stereocenters. The maximum atomic E-state index is 13.9. The molecule has 100 valence electrons. The van der Waals surface area contributed by atoms with Gasteiger partial charge in [0.25, 0.3) is 0 Å². The van der Waals surface area contributed by atoms with E-state index in [0.717, 1.165) is 16.7 Å². The first-order chi connectivity index (χ1) is 8.93. The Labute approximate surface area is 119 Å². The maximum absolute atomic E-state index is 13.9. The molecule has 0 bridgehead atoms. The van der Waals surface area contributed by atoms with Crippen LogP contribution in [0.4, 0.5) is 4.39 Å². The van der Waals surface area contributed by atoms with Gasteiger partial charge < -0.3 is 0 Å². The van der Waals surface area contributed by atoms with Crippen molar-refractivity contribution in [2.24, 2.45) is 0 Å². The van der Waals surface area contributed by atoms with Crippen molar-refractivity contribution in [3.63, 3.8) is 0 Å². The van der Waals surface area contributed by atoms with Gasteiger partial charge in [-0.3, -0.25) is 0 Å². The van der Waals surface area contributed by atoms with Gasteiger partial charge in [-0.25, -0.2) is 4.39 Å². The van der Waals surface area contributed by atoms with Crippen LogP contribution in [0.25, 0.3) is 0 Å². The van der Waals surface area contributed by atoms with Crippen molar-refractivity contribution in [2.45, 2.75) is 33.1 Å². The molecule has 0 N–H and O–H groups in total. The van der Waals surface area contributed by atoms with Crippen molar-refractivity contribution in [3.05, 3.63) is 69.5 Å². The van der Waals surface area contributed by atoms with Gasteiger partial charge in [-0.1, -0.05) is 24.3 Å². The summed E-state index contributed by atoms with van der Waals surface area (Å²) in [7, 11) is 0. The molecule has 0 nitrogen and oxygen atoms in total. The standard InChI is InChI=1S/C17H18ClF/c1-10-9-11(2)13(4)16(12(10)3)17(18)14-7-5-6-8-15(14)19/h5-9,17H,1-4H3. The summed E-state index contributed by atoms with van der Waals surface area (Å²) < 4.78 is 13.9. The van der Waals surface area contributed by atoms with E-state index < -0.39 is 5.38 Å². The summed E-state index contributed by atoms with van der Waals surface area (Å²) in [6.07, 6.45) is 0. The van der Waals surface area contributed by atoms with Crippen molar-refractivity contribution >= 4 is 11.6 Å². The molecule has 0 radical (unpaired) electrons. The van der Waals surface area contributed by atoms with Crippen LogP contribution < -0.4 is 0 Å². The Morgan fingerprint density at radius 2 is 1.47 bits per heavy atom. The third kappa shape index (κ3) is 2.52. The Kier molecular flexibility index (Phi) is 3.96. The van der Waals surface area contributed by atoms with Gasteiger partial charge in [0.2, 0.25) is 0 Å². The van der Waals surface area contributed by atoms with E-state index in [1.54, 1.807) is 12.1 Å². The summed E-state index contributed by atoms with van der Waals surface area (Å²) in [4.78, 5) is 0. The zero-order valence-electron chi connectivity index (χ0n) is 11.7. The Morgan fingerprint density at radius 3 is 2.00 bits per heavy atom. The fourth-order valence-corrected chi connectivity index (χ4v) is 2.97. The van der Waals surface area contributed by atoms with Crippen LogP contribution in [0.2, 0.25) is 0 Å². The minimum absolute atomic E-state index is 0.250. The number of hydrogen-bond acceptors (Lipinski definition) is 0. The summed E-state index contributed by atoms with van der Waals surface area (Å²) in [6.45, 7) is 8.23. The van der Waals surface area contributed by atoms with E-state index in [0.29, 0.717) is 5.56 Å². The van der Waals surface area contributed by atoms with Gasteiger partial charge in [0.1, 0.15) is 5.82 Å². The molecule has 0 aliphatic rings. The summed E-state index contributed by atoms with van der Waals surface area (Å²) in [5, 5.41) is -0.445. The minimum atomic E-state index is -0.445. The predicted octanol–water partition coefficient (Wildman–Crippen LogP) is 5.39. The zero-order chi connectivity index (χ0) is 14.2. The second kappa shape index (κ2) is 5.34. The Bertz CT molecular complexity index is 591. The molecule has 2 heteroatoms. The quantitative estimate of drug-likeness (QED) is 0.645. The number of benzene rings is 2. The lowest BCUT2D eigenvalue weighted by molar-refractivity contribution is 0.612. The largest absolute Gasteiger partial charge is 0.207 e. The highest BCUT2D eigenvalue weighted by atomic mass is 35.5. The molecule has 0 aliphatic carbocycles. The van der Waals surface area contributed by atoms with Crippen LogP contribution in [0.5, 0.6) is 0 Å². The second-order valence-corrected chi connectivity index (χ2v) is 5.49. The van der Waals surface area contributed by atoms with Crippen molar-refractivity contribution in [3.8, 4) is 0 Å². The van der Waals surface area contributed by atoms with Crippen LogP contribution in [0.1, 0.15) is 38.8 Å². The molecule has 2 aromatic rings. The monoisotopic (exact) mass is 276 g/mol. The Morgan fingerprint density at radius 1 is 0.947 bits per heavy atom. The highest BCUT2D eigenvalue weighted by Crippen LogP contribution is 2.36. The first kappa shape index (κ1) is 14.1. The van der Waals surface area contributed by atoms with E-state index in [4.69, 9.17) is 11.6 Å². The van der Waals surface area contributed by atoms with E-state index in [1.807, 2.05) is 19.9 Å². The predicted molar refractivity (Wildman–Crippen MR) is 79.5 cm³/mol. The lowest BCUT2D eigenvalue weighted by atomic mass is 9.90. The van der Waals surface area contributed by atoms with Crippen molar-refractivity contribution in [1.82, 2.24) is 0 Å². The normalized spacial score (nSPS) is 12.5. The molecule has 0 amide bonds. The number of alkyl halides is 1. The number of hydrogen-bond donors (Lipinski definition) is 0. The molecule has 0 saturated carbocycles. The highest BCUT2D eigenvalue weighted by Gasteiger charge is 2.20. The molecule has 1 unspecified atom stereocenters. The van der Waals surface area contributed by atoms with Crippen LogP contribution >= 0.6 is 11.6 Å². The molecule has 0 heterocycles. The summed E-state index contributed by atoms with van der Waals surface area (Å²) in [6, 6.07) is 8.87. The summed E-state index contributed by atoms with van der Waals surface area (Å²) in [5.41, 5.74) is 6.25. The lowest BCUT2D eigenvalue weighted by Crippen LogP contribution is -2.05. The summed E-state index contributed by atoms with van der Waals surface area (Å²) >= 11 is 6.55. The highest BCUT2D eigenvalue weighted by molar-refractivity contribution is 6.22. The first-order valence-electron chi connectivity index (χ1n) is 6.39. The zero-order valence-corrected chi connectivity index (χ0v) is 12.5. The van der Waals surface area contributed by atoms with E-state index in [2.05, 4.69) is 19.9 Å². The second-order valence-electron chi connectivity index (χ2n) is 5.06. The number of aryl methyl sites for hydroxylation is 2.